The number of rotatable bonds is 2. The highest BCUT2D eigenvalue weighted by molar-refractivity contribution is 5.84. The first-order valence-electron chi connectivity index (χ1n) is 6.20. The first-order valence-corrected chi connectivity index (χ1v) is 6.20. The Hall–Kier alpha value is -0.570. The Morgan fingerprint density at radius 2 is 1.93 bits per heavy atom. The molecule has 1 heterocycles. The summed E-state index contributed by atoms with van der Waals surface area (Å²) in [6.07, 6.45) is 9.19. The molecule has 0 spiro atoms. The van der Waals surface area contributed by atoms with Gasteiger partial charge in [0.2, 0.25) is 0 Å². The van der Waals surface area contributed by atoms with Crippen LogP contribution < -0.4 is 0 Å². The molecule has 0 amide bonds. The predicted molar refractivity (Wildman–Crippen MR) is 54.4 cm³/mol. The van der Waals surface area contributed by atoms with Gasteiger partial charge in [0.05, 0.1) is 6.10 Å². The van der Waals surface area contributed by atoms with E-state index in [9.17, 15) is 4.79 Å². The zero-order valence-electron chi connectivity index (χ0n) is 9.04. The van der Waals surface area contributed by atoms with Crippen molar-refractivity contribution >= 4 is 5.97 Å². The molecular formula is C12H18O3. The smallest absolute Gasteiger partial charge is 0.341 e. The van der Waals surface area contributed by atoms with Crippen molar-refractivity contribution in [2.24, 2.45) is 0 Å². The molecule has 1 aliphatic heterocycles. The third kappa shape index (κ3) is 1.57. The van der Waals surface area contributed by atoms with E-state index in [1.807, 2.05) is 0 Å². The fourth-order valence-electron chi connectivity index (χ4n) is 3.00. The van der Waals surface area contributed by atoms with E-state index in [0.29, 0.717) is 0 Å². The summed E-state index contributed by atoms with van der Waals surface area (Å²) in [6.45, 7) is 0. The van der Waals surface area contributed by atoms with Crippen LogP contribution in [0, 0.1) is 0 Å². The van der Waals surface area contributed by atoms with Crippen LogP contribution >= 0.6 is 0 Å². The molecule has 3 nitrogen and oxygen atoms in total. The van der Waals surface area contributed by atoms with E-state index in [4.69, 9.17) is 9.47 Å². The van der Waals surface area contributed by atoms with E-state index in [1.165, 1.54) is 19.3 Å². The van der Waals surface area contributed by atoms with Crippen LogP contribution in [0.3, 0.4) is 0 Å². The number of carbonyl (C=O) groups is 1. The van der Waals surface area contributed by atoms with E-state index in [2.05, 4.69) is 0 Å². The third-order valence-electron chi connectivity index (χ3n) is 4.00. The molecule has 0 bridgehead atoms. The van der Waals surface area contributed by atoms with Crippen molar-refractivity contribution < 1.29 is 14.3 Å². The second-order valence-electron chi connectivity index (χ2n) is 5.05. The third-order valence-corrected chi connectivity index (χ3v) is 4.00. The van der Waals surface area contributed by atoms with E-state index in [0.717, 1.165) is 32.1 Å². The fraction of sp³-hybridized carbons (Fsp3) is 0.917. The highest BCUT2D eigenvalue weighted by Crippen LogP contribution is 2.50. The summed E-state index contributed by atoms with van der Waals surface area (Å²) in [6, 6.07) is 0. The number of carbonyl (C=O) groups excluding carboxylic acids is 1. The Bertz CT molecular complexity index is 270. The monoisotopic (exact) mass is 210 g/mol. The normalized spacial score (nSPS) is 39.9. The Morgan fingerprint density at radius 1 is 1.13 bits per heavy atom. The Labute approximate surface area is 90.1 Å². The van der Waals surface area contributed by atoms with Gasteiger partial charge in [-0.2, -0.15) is 0 Å². The van der Waals surface area contributed by atoms with Gasteiger partial charge < -0.3 is 9.47 Å². The van der Waals surface area contributed by atoms with Crippen LogP contribution in [0.25, 0.3) is 0 Å². The molecule has 15 heavy (non-hydrogen) atoms. The zero-order chi connectivity index (χ0) is 10.3. The van der Waals surface area contributed by atoms with Gasteiger partial charge in [-0.3, -0.25) is 0 Å². The molecule has 3 fully saturated rings. The Balaban J connectivity index is 1.56. The first-order chi connectivity index (χ1) is 7.31. The Kier molecular flexibility index (Phi) is 2.23. The summed E-state index contributed by atoms with van der Waals surface area (Å²) in [5, 5.41) is 0. The maximum Gasteiger partial charge on any atom is 0.341 e. The second kappa shape index (κ2) is 3.48. The fourth-order valence-corrected chi connectivity index (χ4v) is 3.00. The van der Waals surface area contributed by atoms with Gasteiger partial charge in [-0.25, -0.2) is 4.79 Å². The van der Waals surface area contributed by atoms with Crippen LogP contribution in [0.5, 0.6) is 0 Å². The van der Waals surface area contributed by atoms with Gasteiger partial charge in [-0.1, -0.05) is 6.42 Å². The van der Waals surface area contributed by atoms with E-state index in [1.54, 1.807) is 0 Å². The lowest BCUT2D eigenvalue weighted by Crippen LogP contribution is -2.31. The van der Waals surface area contributed by atoms with Crippen LogP contribution in [0.15, 0.2) is 0 Å². The van der Waals surface area contributed by atoms with Crippen LogP contribution in [0.2, 0.25) is 0 Å². The summed E-state index contributed by atoms with van der Waals surface area (Å²) in [4.78, 5) is 11.9. The molecule has 2 saturated carbocycles. The number of epoxide rings is 1. The van der Waals surface area contributed by atoms with Gasteiger partial charge in [-0.05, 0) is 44.9 Å². The average Bonchev–Trinajstić information content (AvgIpc) is 2.84. The van der Waals surface area contributed by atoms with E-state index < -0.39 is 5.60 Å². The number of hydrogen-bond donors (Lipinski definition) is 0. The lowest BCUT2D eigenvalue weighted by Gasteiger charge is -2.23. The minimum Gasteiger partial charge on any atom is -0.460 e. The SMILES string of the molecule is O=C(OC1CCCCC1)C12CCCC1O2. The van der Waals surface area contributed by atoms with Gasteiger partial charge in [0.25, 0.3) is 0 Å². The van der Waals surface area contributed by atoms with Crippen molar-refractivity contribution in [2.75, 3.05) is 0 Å². The van der Waals surface area contributed by atoms with Crippen LogP contribution in [0.4, 0.5) is 0 Å². The van der Waals surface area contributed by atoms with Gasteiger partial charge >= 0.3 is 5.97 Å². The lowest BCUT2D eigenvalue weighted by atomic mass is 9.97. The number of fused-ring (bicyclic) bond motifs is 1. The molecule has 1 saturated heterocycles. The molecule has 0 aromatic rings. The van der Waals surface area contributed by atoms with Crippen molar-refractivity contribution in [3.05, 3.63) is 0 Å². The molecule has 84 valence electrons. The van der Waals surface area contributed by atoms with Crippen LogP contribution in [0.1, 0.15) is 51.4 Å². The first kappa shape index (κ1) is 9.64. The lowest BCUT2D eigenvalue weighted by molar-refractivity contribution is -0.157. The summed E-state index contributed by atoms with van der Waals surface area (Å²) in [5.74, 6) is -0.0723. The van der Waals surface area contributed by atoms with Crippen LogP contribution in [-0.4, -0.2) is 23.8 Å². The molecule has 3 rings (SSSR count). The molecule has 0 radical (unpaired) electrons. The molecule has 0 aromatic carbocycles. The summed E-state index contributed by atoms with van der Waals surface area (Å²) in [7, 11) is 0. The standard InChI is InChI=1S/C12H18O3/c13-11(12-8-4-7-10(12)15-12)14-9-5-2-1-3-6-9/h9-10H,1-8H2. The quantitative estimate of drug-likeness (QED) is 0.518. The maximum atomic E-state index is 11.9. The molecule has 2 aliphatic carbocycles. The van der Waals surface area contributed by atoms with Crippen molar-refractivity contribution in [1.29, 1.82) is 0 Å². The highest BCUT2D eigenvalue weighted by atomic mass is 16.7. The zero-order valence-corrected chi connectivity index (χ0v) is 9.04. The molecule has 0 N–H and O–H groups in total. The van der Waals surface area contributed by atoms with Gasteiger partial charge in [0, 0.05) is 0 Å². The van der Waals surface area contributed by atoms with Gasteiger partial charge in [0.15, 0.2) is 5.60 Å². The largest absolute Gasteiger partial charge is 0.460 e. The van der Waals surface area contributed by atoms with Crippen molar-refractivity contribution in [2.45, 2.75) is 69.2 Å². The van der Waals surface area contributed by atoms with Crippen molar-refractivity contribution in [3.8, 4) is 0 Å². The topological polar surface area (TPSA) is 38.8 Å². The molecule has 3 heteroatoms. The van der Waals surface area contributed by atoms with Gasteiger partial charge in [-0.15, -0.1) is 0 Å². The van der Waals surface area contributed by atoms with Gasteiger partial charge in [0.1, 0.15) is 6.10 Å². The molecule has 3 aliphatic rings. The minimum atomic E-state index is -0.489. The molecule has 0 aromatic heterocycles. The molecular weight excluding hydrogens is 192 g/mol. The minimum absolute atomic E-state index is 0.0723. The number of hydrogen-bond acceptors (Lipinski definition) is 3. The summed E-state index contributed by atoms with van der Waals surface area (Å²) in [5.41, 5.74) is -0.489. The summed E-state index contributed by atoms with van der Waals surface area (Å²) < 4.78 is 11.0. The summed E-state index contributed by atoms with van der Waals surface area (Å²) >= 11 is 0. The molecule has 2 atom stereocenters. The highest BCUT2D eigenvalue weighted by Gasteiger charge is 2.66. The molecule has 2 unspecified atom stereocenters. The Morgan fingerprint density at radius 3 is 2.53 bits per heavy atom. The number of ether oxygens (including phenoxy) is 2. The van der Waals surface area contributed by atoms with E-state index >= 15 is 0 Å². The predicted octanol–water partition coefficient (Wildman–Crippen LogP) is 2.18. The van der Waals surface area contributed by atoms with Crippen molar-refractivity contribution in [3.63, 3.8) is 0 Å². The maximum absolute atomic E-state index is 11.9. The average molecular weight is 210 g/mol. The second-order valence-corrected chi connectivity index (χ2v) is 5.05. The van der Waals surface area contributed by atoms with Crippen molar-refractivity contribution in [1.82, 2.24) is 0 Å². The number of esters is 1. The van der Waals surface area contributed by atoms with Crippen LogP contribution in [-0.2, 0) is 14.3 Å². The van der Waals surface area contributed by atoms with E-state index in [-0.39, 0.29) is 18.2 Å².